The Kier molecular flexibility index (Phi) is 5.91. The number of thiophene rings is 1. The van der Waals surface area contributed by atoms with Crippen molar-refractivity contribution in [3.63, 3.8) is 0 Å². The molecule has 3 rings (SSSR count). The van der Waals surface area contributed by atoms with Crippen LogP contribution in [0.5, 0.6) is 0 Å². The summed E-state index contributed by atoms with van der Waals surface area (Å²) in [5, 5.41) is 6.31. The molecule has 0 saturated carbocycles. The first-order chi connectivity index (χ1) is 11.6. The van der Waals surface area contributed by atoms with Crippen LogP contribution in [0, 0.1) is 0 Å². The normalized spacial score (nSPS) is 20.8. The monoisotopic (exact) mass is 371 g/mol. The standard InChI is InChI=1S/C16H25N3O3S2/c20-15(18-13-6-8-17-9-7-13)12-14-4-5-16(23-14)24(21,22)19-10-2-1-3-11-19/h4-5,13,17H,1-3,6-12H2,(H,18,20). The third-order valence-electron chi connectivity index (χ3n) is 4.59. The minimum absolute atomic E-state index is 0.0225. The van der Waals surface area contributed by atoms with Gasteiger partial charge in [-0.25, -0.2) is 8.42 Å². The van der Waals surface area contributed by atoms with Gasteiger partial charge in [0.2, 0.25) is 5.91 Å². The Labute approximate surface area is 147 Å². The van der Waals surface area contributed by atoms with Gasteiger partial charge in [-0.05, 0) is 50.9 Å². The summed E-state index contributed by atoms with van der Waals surface area (Å²) in [4.78, 5) is 13.0. The average Bonchev–Trinajstić information content (AvgIpc) is 3.05. The second-order valence-corrected chi connectivity index (χ2v) is 9.79. The van der Waals surface area contributed by atoms with E-state index in [-0.39, 0.29) is 18.4 Å². The highest BCUT2D eigenvalue weighted by Crippen LogP contribution is 2.27. The first-order valence-electron chi connectivity index (χ1n) is 8.64. The Morgan fingerprint density at radius 2 is 1.92 bits per heavy atom. The number of carbonyl (C=O) groups is 1. The zero-order chi connectivity index (χ0) is 17.0. The lowest BCUT2D eigenvalue weighted by Crippen LogP contribution is -2.43. The van der Waals surface area contributed by atoms with Gasteiger partial charge in [0.05, 0.1) is 6.42 Å². The van der Waals surface area contributed by atoms with E-state index in [1.165, 1.54) is 11.3 Å². The number of carbonyl (C=O) groups excluding carboxylic acids is 1. The fourth-order valence-electron chi connectivity index (χ4n) is 3.23. The largest absolute Gasteiger partial charge is 0.353 e. The average molecular weight is 372 g/mol. The molecule has 1 aromatic heterocycles. The van der Waals surface area contributed by atoms with Gasteiger partial charge in [-0.1, -0.05) is 6.42 Å². The zero-order valence-corrected chi connectivity index (χ0v) is 15.4. The maximum Gasteiger partial charge on any atom is 0.252 e. The molecule has 0 spiro atoms. The summed E-state index contributed by atoms with van der Waals surface area (Å²) in [6.07, 6.45) is 5.10. The van der Waals surface area contributed by atoms with Crippen LogP contribution in [0.25, 0.3) is 0 Å². The molecule has 2 saturated heterocycles. The molecule has 0 bridgehead atoms. The van der Waals surface area contributed by atoms with Crippen molar-refractivity contribution in [3.05, 3.63) is 17.0 Å². The van der Waals surface area contributed by atoms with Gasteiger partial charge in [-0.15, -0.1) is 11.3 Å². The second-order valence-electron chi connectivity index (χ2n) is 6.45. The molecule has 0 radical (unpaired) electrons. The molecule has 1 amide bonds. The molecule has 0 unspecified atom stereocenters. The van der Waals surface area contributed by atoms with Gasteiger partial charge in [0.1, 0.15) is 4.21 Å². The minimum Gasteiger partial charge on any atom is -0.353 e. The Morgan fingerprint density at radius 3 is 2.62 bits per heavy atom. The number of sulfonamides is 1. The van der Waals surface area contributed by atoms with Crippen molar-refractivity contribution in [2.75, 3.05) is 26.2 Å². The molecule has 134 valence electrons. The number of nitrogens with zero attached hydrogens (tertiary/aromatic N) is 1. The summed E-state index contributed by atoms with van der Waals surface area (Å²) < 4.78 is 27.2. The van der Waals surface area contributed by atoms with Crippen LogP contribution in [0.3, 0.4) is 0 Å². The third-order valence-corrected chi connectivity index (χ3v) is 8.04. The third kappa shape index (κ3) is 4.36. The van der Waals surface area contributed by atoms with Gasteiger partial charge in [-0.3, -0.25) is 4.79 Å². The summed E-state index contributed by atoms with van der Waals surface area (Å²) in [6.45, 7) is 3.07. The van der Waals surface area contributed by atoms with Gasteiger partial charge in [0.25, 0.3) is 10.0 Å². The molecule has 0 aliphatic carbocycles. The second kappa shape index (κ2) is 7.95. The molecule has 3 heterocycles. The van der Waals surface area contributed by atoms with Gasteiger partial charge >= 0.3 is 0 Å². The van der Waals surface area contributed by atoms with Crippen molar-refractivity contribution in [2.45, 2.75) is 48.8 Å². The number of hydrogen-bond acceptors (Lipinski definition) is 5. The highest BCUT2D eigenvalue weighted by Gasteiger charge is 2.27. The van der Waals surface area contributed by atoms with Crippen molar-refractivity contribution >= 4 is 27.3 Å². The van der Waals surface area contributed by atoms with E-state index in [1.54, 1.807) is 16.4 Å². The van der Waals surface area contributed by atoms with E-state index < -0.39 is 10.0 Å². The summed E-state index contributed by atoms with van der Waals surface area (Å²) in [6, 6.07) is 3.64. The van der Waals surface area contributed by atoms with E-state index in [0.29, 0.717) is 17.3 Å². The van der Waals surface area contributed by atoms with E-state index in [9.17, 15) is 13.2 Å². The molecular weight excluding hydrogens is 346 g/mol. The van der Waals surface area contributed by atoms with Crippen LogP contribution >= 0.6 is 11.3 Å². The maximum absolute atomic E-state index is 12.6. The van der Waals surface area contributed by atoms with Crippen LogP contribution in [-0.4, -0.2) is 50.9 Å². The highest BCUT2D eigenvalue weighted by molar-refractivity contribution is 7.91. The molecule has 2 fully saturated rings. The number of piperidine rings is 2. The van der Waals surface area contributed by atoms with E-state index in [1.807, 2.05) is 0 Å². The lowest BCUT2D eigenvalue weighted by atomic mass is 10.1. The lowest BCUT2D eigenvalue weighted by molar-refractivity contribution is -0.121. The first-order valence-corrected chi connectivity index (χ1v) is 10.9. The van der Waals surface area contributed by atoms with Gasteiger partial charge in [-0.2, -0.15) is 4.31 Å². The zero-order valence-electron chi connectivity index (χ0n) is 13.8. The number of nitrogens with one attached hydrogen (secondary N) is 2. The smallest absolute Gasteiger partial charge is 0.252 e. The van der Waals surface area contributed by atoms with E-state index in [2.05, 4.69) is 10.6 Å². The van der Waals surface area contributed by atoms with Crippen LogP contribution in [-0.2, 0) is 21.2 Å². The molecule has 2 aliphatic heterocycles. The van der Waals surface area contributed by atoms with Crippen LogP contribution in [0.1, 0.15) is 37.0 Å². The fourth-order valence-corrected chi connectivity index (χ4v) is 6.25. The molecule has 8 heteroatoms. The van der Waals surface area contributed by atoms with E-state index >= 15 is 0 Å². The van der Waals surface area contributed by atoms with Gasteiger partial charge < -0.3 is 10.6 Å². The lowest BCUT2D eigenvalue weighted by Gasteiger charge is -2.25. The van der Waals surface area contributed by atoms with Gasteiger partial charge in [0.15, 0.2) is 0 Å². The summed E-state index contributed by atoms with van der Waals surface area (Å²) in [7, 11) is -3.39. The molecule has 0 atom stereocenters. The van der Waals surface area contributed by atoms with Crippen molar-refractivity contribution in [1.29, 1.82) is 0 Å². The molecule has 0 aromatic carbocycles. The van der Waals surface area contributed by atoms with Crippen molar-refractivity contribution in [3.8, 4) is 0 Å². The maximum atomic E-state index is 12.6. The Morgan fingerprint density at radius 1 is 1.21 bits per heavy atom. The molecule has 2 aliphatic rings. The number of amides is 1. The number of hydrogen-bond donors (Lipinski definition) is 2. The Bertz CT molecular complexity index is 660. The van der Waals surface area contributed by atoms with Crippen LogP contribution in [0.15, 0.2) is 16.3 Å². The van der Waals surface area contributed by atoms with Gasteiger partial charge in [0, 0.05) is 24.0 Å². The highest BCUT2D eigenvalue weighted by atomic mass is 32.2. The summed E-state index contributed by atoms with van der Waals surface area (Å²) in [5.74, 6) is -0.0225. The summed E-state index contributed by atoms with van der Waals surface area (Å²) >= 11 is 1.22. The SMILES string of the molecule is O=C(Cc1ccc(S(=O)(=O)N2CCCCC2)s1)NC1CCNCC1. The topological polar surface area (TPSA) is 78.5 Å². The molecule has 6 nitrogen and oxygen atoms in total. The van der Waals surface area contributed by atoms with Crippen molar-refractivity contribution in [1.82, 2.24) is 14.9 Å². The Hall–Kier alpha value is -0.960. The Balaban J connectivity index is 1.59. The van der Waals surface area contributed by atoms with Crippen molar-refractivity contribution < 1.29 is 13.2 Å². The molecule has 1 aromatic rings. The van der Waals surface area contributed by atoms with Crippen molar-refractivity contribution in [2.24, 2.45) is 0 Å². The molecule has 2 N–H and O–H groups in total. The fraction of sp³-hybridized carbons (Fsp3) is 0.688. The molecule has 24 heavy (non-hydrogen) atoms. The first kappa shape index (κ1) is 17.8. The quantitative estimate of drug-likeness (QED) is 0.819. The van der Waals surface area contributed by atoms with E-state index in [0.717, 1.165) is 50.1 Å². The van der Waals surface area contributed by atoms with Crippen LogP contribution in [0.2, 0.25) is 0 Å². The number of rotatable bonds is 5. The minimum atomic E-state index is -3.39. The molecular formula is C16H25N3O3S2. The van der Waals surface area contributed by atoms with E-state index in [4.69, 9.17) is 0 Å². The predicted octanol–water partition coefficient (Wildman–Crippen LogP) is 1.33. The summed E-state index contributed by atoms with van der Waals surface area (Å²) in [5.41, 5.74) is 0. The van der Waals surface area contributed by atoms with Crippen LogP contribution < -0.4 is 10.6 Å². The predicted molar refractivity (Wildman–Crippen MR) is 94.7 cm³/mol. The van der Waals surface area contributed by atoms with Crippen LogP contribution in [0.4, 0.5) is 0 Å².